The molecule has 0 aliphatic heterocycles. The van der Waals surface area contributed by atoms with Crippen molar-refractivity contribution in [1.82, 2.24) is 4.90 Å². The lowest BCUT2D eigenvalue weighted by Crippen LogP contribution is -2.27. The molecule has 0 fully saturated rings. The standard InChI is InChI=1S/C20H23N3O/c1-3-23(14-16(2)13-21)15-17-9-11-18(12-10-17)20(24)22-19-7-5-4-6-8-19/h4-12,16H,3,14-15H2,1-2H3,(H,22,24)/t16-/m1/s1. The molecule has 4 heteroatoms. The summed E-state index contributed by atoms with van der Waals surface area (Å²) in [5.74, 6) is -0.0981. The average molecular weight is 321 g/mol. The van der Waals surface area contributed by atoms with Gasteiger partial charge in [0.05, 0.1) is 12.0 Å². The maximum Gasteiger partial charge on any atom is 0.255 e. The van der Waals surface area contributed by atoms with Crippen molar-refractivity contribution in [2.75, 3.05) is 18.4 Å². The molecule has 1 amide bonds. The Morgan fingerprint density at radius 1 is 1.17 bits per heavy atom. The van der Waals surface area contributed by atoms with Crippen molar-refractivity contribution < 1.29 is 4.79 Å². The molecule has 0 saturated heterocycles. The van der Waals surface area contributed by atoms with Crippen LogP contribution in [-0.2, 0) is 6.54 Å². The molecule has 0 saturated carbocycles. The van der Waals surface area contributed by atoms with Crippen LogP contribution in [0.1, 0.15) is 29.8 Å². The smallest absolute Gasteiger partial charge is 0.255 e. The van der Waals surface area contributed by atoms with Gasteiger partial charge in [0, 0.05) is 24.3 Å². The van der Waals surface area contributed by atoms with Crippen LogP contribution in [0.3, 0.4) is 0 Å². The van der Waals surface area contributed by atoms with E-state index < -0.39 is 0 Å². The van der Waals surface area contributed by atoms with E-state index in [4.69, 9.17) is 5.26 Å². The minimum atomic E-state index is -0.113. The van der Waals surface area contributed by atoms with Crippen LogP contribution in [0.25, 0.3) is 0 Å². The Balaban J connectivity index is 1.97. The average Bonchev–Trinajstić information content (AvgIpc) is 2.62. The monoisotopic (exact) mass is 321 g/mol. The molecule has 0 aliphatic carbocycles. The maximum atomic E-state index is 12.2. The van der Waals surface area contributed by atoms with E-state index in [2.05, 4.69) is 23.2 Å². The molecule has 0 aromatic heterocycles. The molecule has 0 spiro atoms. The quantitative estimate of drug-likeness (QED) is 0.841. The highest BCUT2D eigenvalue weighted by molar-refractivity contribution is 6.04. The van der Waals surface area contributed by atoms with E-state index in [-0.39, 0.29) is 11.8 Å². The zero-order valence-electron chi connectivity index (χ0n) is 14.2. The molecule has 2 aromatic rings. The van der Waals surface area contributed by atoms with E-state index in [9.17, 15) is 4.79 Å². The van der Waals surface area contributed by atoms with Gasteiger partial charge in [0.2, 0.25) is 0 Å². The predicted molar refractivity (Wildman–Crippen MR) is 96.6 cm³/mol. The van der Waals surface area contributed by atoms with Gasteiger partial charge in [-0.25, -0.2) is 0 Å². The molecule has 1 atom stereocenters. The number of rotatable bonds is 7. The van der Waals surface area contributed by atoms with Crippen LogP contribution in [-0.4, -0.2) is 23.9 Å². The highest BCUT2D eigenvalue weighted by Crippen LogP contribution is 2.12. The minimum Gasteiger partial charge on any atom is -0.322 e. The molecule has 0 radical (unpaired) electrons. The van der Waals surface area contributed by atoms with Crippen molar-refractivity contribution in [3.63, 3.8) is 0 Å². The Kier molecular flexibility index (Phi) is 6.53. The highest BCUT2D eigenvalue weighted by atomic mass is 16.1. The molecule has 0 heterocycles. The lowest BCUT2D eigenvalue weighted by atomic mass is 10.1. The number of nitrogens with one attached hydrogen (secondary N) is 1. The highest BCUT2D eigenvalue weighted by Gasteiger charge is 2.10. The molecule has 0 aliphatic rings. The summed E-state index contributed by atoms with van der Waals surface area (Å²) in [5.41, 5.74) is 2.56. The van der Waals surface area contributed by atoms with Gasteiger partial charge >= 0.3 is 0 Å². The summed E-state index contributed by atoms with van der Waals surface area (Å²) in [7, 11) is 0. The van der Waals surface area contributed by atoms with Crippen LogP contribution in [0.15, 0.2) is 54.6 Å². The maximum absolute atomic E-state index is 12.2. The predicted octanol–water partition coefficient (Wildman–Crippen LogP) is 3.92. The second-order valence-corrected chi connectivity index (χ2v) is 5.87. The third-order valence-electron chi connectivity index (χ3n) is 3.85. The molecular formula is C20H23N3O. The lowest BCUT2D eigenvalue weighted by molar-refractivity contribution is 0.102. The molecule has 1 N–H and O–H groups in total. The van der Waals surface area contributed by atoms with Gasteiger partial charge in [-0.1, -0.05) is 37.3 Å². The van der Waals surface area contributed by atoms with E-state index in [1.807, 2.05) is 61.5 Å². The molecule has 2 aromatic carbocycles. The summed E-state index contributed by atoms with van der Waals surface area (Å²) < 4.78 is 0. The first-order valence-corrected chi connectivity index (χ1v) is 8.19. The van der Waals surface area contributed by atoms with Gasteiger partial charge < -0.3 is 5.32 Å². The van der Waals surface area contributed by atoms with Crippen LogP contribution < -0.4 is 5.32 Å². The number of anilines is 1. The van der Waals surface area contributed by atoms with Gasteiger partial charge in [0.1, 0.15) is 0 Å². The van der Waals surface area contributed by atoms with Gasteiger partial charge in [0.25, 0.3) is 5.91 Å². The van der Waals surface area contributed by atoms with E-state index in [1.165, 1.54) is 0 Å². The third-order valence-corrected chi connectivity index (χ3v) is 3.85. The van der Waals surface area contributed by atoms with Crippen molar-refractivity contribution in [3.8, 4) is 6.07 Å². The van der Waals surface area contributed by atoms with Gasteiger partial charge in [-0.3, -0.25) is 9.69 Å². The van der Waals surface area contributed by atoms with Gasteiger partial charge in [-0.05, 0) is 43.3 Å². The Bertz CT molecular complexity index is 689. The molecule has 0 bridgehead atoms. The Morgan fingerprint density at radius 2 is 1.83 bits per heavy atom. The number of hydrogen-bond acceptors (Lipinski definition) is 3. The summed E-state index contributed by atoms with van der Waals surface area (Å²) in [4.78, 5) is 14.5. The lowest BCUT2D eigenvalue weighted by Gasteiger charge is -2.21. The van der Waals surface area contributed by atoms with Gasteiger partial charge in [-0.15, -0.1) is 0 Å². The molecule has 4 nitrogen and oxygen atoms in total. The fourth-order valence-electron chi connectivity index (χ4n) is 2.48. The number of amides is 1. The van der Waals surface area contributed by atoms with E-state index in [0.717, 1.165) is 30.9 Å². The zero-order valence-corrected chi connectivity index (χ0v) is 14.2. The Hall–Kier alpha value is -2.64. The normalized spacial score (nSPS) is 11.8. The molecule has 24 heavy (non-hydrogen) atoms. The van der Waals surface area contributed by atoms with Crippen LogP contribution >= 0.6 is 0 Å². The summed E-state index contributed by atoms with van der Waals surface area (Å²) >= 11 is 0. The number of benzene rings is 2. The van der Waals surface area contributed by atoms with Crippen LogP contribution in [0, 0.1) is 17.2 Å². The number of para-hydroxylation sites is 1. The van der Waals surface area contributed by atoms with Crippen LogP contribution in [0.4, 0.5) is 5.69 Å². The Morgan fingerprint density at radius 3 is 2.42 bits per heavy atom. The van der Waals surface area contributed by atoms with E-state index in [0.29, 0.717) is 5.56 Å². The van der Waals surface area contributed by atoms with Crippen molar-refractivity contribution in [1.29, 1.82) is 5.26 Å². The molecule has 2 rings (SSSR count). The molecule has 0 unspecified atom stereocenters. The number of nitrogens with zero attached hydrogens (tertiary/aromatic N) is 2. The number of carbonyl (C=O) groups excluding carboxylic acids is 1. The first kappa shape index (κ1) is 17.7. The summed E-state index contributed by atoms with van der Waals surface area (Å²) in [6, 6.07) is 19.3. The first-order valence-electron chi connectivity index (χ1n) is 8.19. The fourth-order valence-corrected chi connectivity index (χ4v) is 2.48. The number of carbonyl (C=O) groups is 1. The molecular weight excluding hydrogens is 298 g/mol. The summed E-state index contributed by atoms with van der Waals surface area (Å²) in [6.45, 7) is 6.44. The molecule has 124 valence electrons. The van der Waals surface area contributed by atoms with E-state index >= 15 is 0 Å². The third kappa shape index (κ3) is 5.22. The van der Waals surface area contributed by atoms with Crippen molar-refractivity contribution in [2.24, 2.45) is 5.92 Å². The van der Waals surface area contributed by atoms with Crippen LogP contribution in [0.2, 0.25) is 0 Å². The number of hydrogen-bond donors (Lipinski definition) is 1. The summed E-state index contributed by atoms with van der Waals surface area (Å²) in [5, 5.41) is 11.8. The second-order valence-electron chi connectivity index (χ2n) is 5.87. The van der Waals surface area contributed by atoms with E-state index in [1.54, 1.807) is 0 Å². The fraction of sp³-hybridized carbons (Fsp3) is 0.300. The first-order chi connectivity index (χ1) is 11.6. The minimum absolute atomic E-state index is 0.0147. The topological polar surface area (TPSA) is 56.1 Å². The zero-order chi connectivity index (χ0) is 17.4. The second kappa shape index (κ2) is 8.85. The van der Waals surface area contributed by atoms with Gasteiger partial charge in [-0.2, -0.15) is 5.26 Å². The van der Waals surface area contributed by atoms with Crippen molar-refractivity contribution in [2.45, 2.75) is 20.4 Å². The van der Waals surface area contributed by atoms with Crippen molar-refractivity contribution in [3.05, 3.63) is 65.7 Å². The van der Waals surface area contributed by atoms with Crippen molar-refractivity contribution >= 4 is 11.6 Å². The Labute approximate surface area is 143 Å². The largest absolute Gasteiger partial charge is 0.322 e. The SMILES string of the molecule is CCN(Cc1ccc(C(=O)Nc2ccccc2)cc1)C[C@H](C)C#N. The number of nitriles is 1. The summed E-state index contributed by atoms with van der Waals surface area (Å²) in [6.07, 6.45) is 0. The van der Waals surface area contributed by atoms with Gasteiger partial charge in [0.15, 0.2) is 0 Å². The van der Waals surface area contributed by atoms with Crippen LogP contribution in [0.5, 0.6) is 0 Å².